The highest BCUT2D eigenvalue weighted by atomic mass is 32.2. The number of sulfone groups is 1. The standard InChI is InChI=1S/C19H23N3O6S/c1-12(2)17(20-13(3)23)19(25)22-21-18(24)16-10-9-14(28-16)11-29(26,27)15-7-5-4-6-8-15/h4-10,12,17H,11H2,1-3H3,(H,20,23)(H,21,24)(H,22,25)/t17-/m0/s1. The minimum absolute atomic E-state index is 0.0867. The van der Waals surface area contributed by atoms with E-state index in [0.717, 1.165) is 0 Å². The van der Waals surface area contributed by atoms with E-state index in [1.54, 1.807) is 32.0 Å². The maximum Gasteiger partial charge on any atom is 0.305 e. The number of hydrazine groups is 1. The molecule has 1 aromatic heterocycles. The lowest BCUT2D eigenvalue weighted by atomic mass is 10.0. The molecule has 0 bridgehead atoms. The topological polar surface area (TPSA) is 135 Å². The molecule has 10 heteroatoms. The number of carbonyl (C=O) groups excluding carboxylic acids is 3. The van der Waals surface area contributed by atoms with Gasteiger partial charge in [0.05, 0.1) is 4.90 Å². The van der Waals surface area contributed by atoms with Crippen molar-refractivity contribution in [3.05, 3.63) is 54.0 Å². The summed E-state index contributed by atoms with van der Waals surface area (Å²) in [6, 6.07) is 9.75. The Morgan fingerprint density at radius 1 is 1.00 bits per heavy atom. The average Bonchev–Trinajstić information content (AvgIpc) is 3.12. The van der Waals surface area contributed by atoms with Gasteiger partial charge in [0.1, 0.15) is 17.6 Å². The fourth-order valence-corrected chi connectivity index (χ4v) is 3.76. The van der Waals surface area contributed by atoms with Crippen molar-refractivity contribution in [2.45, 2.75) is 37.5 Å². The third-order valence-electron chi connectivity index (χ3n) is 3.93. The summed E-state index contributed by atoms with van der Waals surface area (Å²) >= 11 is 0. The van der Waals surface area contributed by atoms with Crippen LogP contribution in [-0.4, -0.2) is 32.2 Å². The van der Waals surface area contributed by atoms with Crippen molar-refractivity contribution in [1.29, 1.82) is 0 Å². The highest BCUT2D eigenvalue weighted by molar-refractivity contribution is 7.90. The number of furan rings is 1. The van der Waals surface area contributed by atoms with Crippen molar-refractivity contribution in [3.8, 4) is 0 Å². The lowest BCUT2D eigenvalue weighted by Crippen LogP contribution is -2.54. The maximum atomic E-state index is 12.4. The predicted molar refractivity (Wildman–Crippen MR) is 104 cm³/mol. The van der Waals surface area contributed by atoms with Crippen LogP contribution in [0.25, 0.3) is 0 Å². The lowest BCUT2D eigenvalue weighted by Gasteiger charge is -2.20. The number of hydrogen-bond donors (Lipinski definition) is 3. The second kappa shape index (κ2) is 9.37. The molecule has 0 aliphatic heterocycles. The molecule has 0 fully saturated rings. The van der Waals surface area contributed by atoms with Crippen molar-refractivity contribution in [2.24, 2.45) is 5.92 Å². The molecular weight excluding hydrogens is 398 g/mol. The number of nitrogens with one attached hydrogen (secondary N) is 3. The molecule has 156 valence electrons. The van der Waals surface area contributed by atoms with Gasteiger partial charge in [-0.3, -0.25) is 25.2 Å². The van der Waals surface area contributed by atoms with E-state index in [0.29, 0.717) is 0 Å². The van der Waals surface area contributed by atoms with Gasteiger partial charge >= 0.3 is 5.91 Å². The highest BCUT2D eigenvalue weighted by Gasteiger charge is 2.24. The average molecular weight is 421 g/mol. The molecular formula is C19H23N3O6S. The molecule has 9 nitrogen and oxygen atoms in total. The van der Waals surface area contributed by atoms with Crippen LogP contribution in [0, 0.1) is 5.92 Å². The third kappa shape index (κ3) is 6.18. The maximum absolute atomic E-state index is 12.4. The molecule has 0 saturated heterocycles. The van der Waals surface area contributed by atoms with Crippen molar-refractivity contribution in [2.75, 3.05) is 0 Å². The van der Waals surface area contributed by atoms with Crippen LogP contribution >= 0.6 is 0 Å². The Balaban J connectivity index is 1.99. The van der Waals surface area contributed by atoms with E-state index >= 15 is 0 Å². The van der Waals surface area contributed by atoms with Crippen molar-refractivity contribution >= 4 is 27.6 Å². The Labute approximate surface area is 168 Å². The molecule has 1 aromatic carbocycles. The molecule has 1 heterocycles. The van der Waals surface area contributed by atoms with Crippen LogP contribution < -0.4 is 16.2 Å². The molecule has 0 aliphatic rings. The fourth-order valence-electron chi connectivity index (χ4n) is 2.49. The molecule has 0 radical (unpaired) electrons. The number of carbonyl (C=O) groups is 3. The second-order valence-electron chi connectivity index (χ2n) is 6.70. The van der Waals surface area contributed by atoms with Crippen molar-refractivity contribution in [3.63, 3.8) is 0 Å². The third-order valence-corrected chi connectivity index (χ3v) is 5.58. The Hall–Kier alpha value is -3.14. The van der Waals surface area contributed by atoms with Crippen LogP contribution in [0.3, 0.4) is 0 Å². The van der Waals surface area contributed by atoms with Crippen LogP contribution in [0.15, 0.2) is 51.8 Å². The zero-order valence-corrected chi connectivity index (χ0v) is 17.1. The largest absolute Gasteiger partial charge is 0.455 e. The molecule has 1 atom stereocenters. The summed E-state index contributed by atoms with van der Waals surface area (Å²) in [5, 5.41) is 2.50. The van der Waals surface area contributed by atoms with Crippen LogP contribution in [-0.2, 0) is 25.2 Å². The van der Waals surface area contributed by atoms with E-state index in [9.17, 15) is 22.8 Å². The van der Waals surface area contributed by atoms with E-state index in [4.69, 9.17) is 4.42 Å². The zero-order chi connectivity index (χ0) is 21.6. The molecule has 0 spiro atoms. The summed E-state index contributed by atoms with van der Waals surface area (Å²) in [6.45, 7) is 4.77. The van der Waals surface area contributed by atoms with E-state index in [1.807, 2.05) is 0 Å². The number of rotatable bonds is 7. The predicted octanol–water partition coefficient (Wildman–Crippen LogP) is 1.18. The zero-order valence-electron chi connectivity index (χ0n) is 16.3. The van der Waals surface area contributed by atoms with Gasteiger partial charge in [0.15, 0.2) is 15.6 Å². The first kappa shape index (κ1) is 22.2. The van der Waals surface area contributed by atoms with Crippen LogP contribution in [0.4, 0.5) is 0 Å². The number of hydrogen-bond acceptors (Lipinski definition) is 6. The first-order chi connectivity index (χ1) is 13.6. The number of benzene rings is 1. The van der Waals surface area contributed by atoms with Gasteiger partial charge in [-0.25, -0.2) is 8.42 Å². The van der Waals surface area contributed by atoms with Gasteiger partial charge in [0.25, 0.3) is 5.91 Å². The van der Waals surface area contributed by atoms with Crippen molar-refractivity contribution in [1.82, 2.24) is 16.2 Å². The van der Waals surface area contributed by atoms with Gasteiger partial charge in [0, 0.05) is 6.92 Å². The van der Waals surface area contributed by atoms with Gasteiger partial charge in [-0.2, -0.15) is 0 Å². The minimum atomic E-state index is -3.62. The fraction of sp³-hybridized carbons (Fsp3) is 0.316. The summed E-state index contributed by atoms with van der Waals surface area (Å²) in [7, 11) is -3.62. The molecule has 3 amide bonds. The quantitative estimate of drug-likeness (QED) is 0.575. The summed E-state index contributed by atoms with van der Waals surface area (Å²) in [6.07, 6.45) is 0. The molecule has 0 unspecified atom stereocenters. The van der Waals surface area contributed by atoms with Crippen LogP contribution in [0.5, 0.6) is 0 Å². The first-order valence-electron chi connectivity index (χ1n) is 8.84. The molecule has 2 aromatic rings. The summed E-state index contributed by atoms with van der Waals surface area (Å²) < 4.78 is 30.0. The first-order valence-corrected chi connectivity index (χ1v) is 10.5. The Bertz CT molecular complexity index is 982. The molecule has 2 rings (SSSR count). The van der Waals surface area contributed by atoms with Gasteiger partial charge in [0.2, 0.25) is 5.91 Å². The highest BCUT2D eigenvalue weighted by Crippen LogP contribution is 2.18. The van der Waals surface area contributed by atoms with Crippen LogP contribution in [0.2, 0.25) is 0 Å². The van der Waals surface area contributed by atoms with Gasteiger partial charge < -0.3 is 9.73 Å². The molecule has 0 aliphatic carbocycles. The summed E-state index contributed by atoms with van der Waals surface area (Å²) in [5.41, 5.74) is 4.40. The molecule has 3 N–H and O–H groups in total. The van der Waals surface area contributed by atoms with Crippen LogP contribution in [0.1, 0.15) is 37.1 Å². The lowest BCUT2D eigenvalue weighted by molar-refractivity contribution is -0.129. The molecule has 0 saturated carbocycles. The summed E-state index contributed by atoms with van der Waals surface area (Å²) in [4.78, 5) is 35.7. The normalized spacial score (nSPS) is 12.3. The Morgan fingerprint density at radius 3 is 2.24 bits per heavy atom. The van der Waals surface area contributed by atoms with E-state index in [-0.39, 0.29) is 28.2 Å². The minimum Gasteiger partial charge on any atom is -0.455 e. The smallest absolute Gasteiger partial charge is 0.305 e. The van der Waals surface area contributed by atoms with Gasteiger partial charge in [-0.1, -0.05) is 32.0 Å². The Morgan fingerprint density at radius 2 is 1.66 bits per heavy atom. The summed E-state index contributed by atoms with van der Waals surface area (Å²) in [5.74, 6) is -2.41. The monoisotopic (exact) mass is 421 g/mol. The van der Waals surface area contributed by atoms with Gasteiger partial charge in [-0.05, 0) is 30.2 Å². The molecule has 29 heavy (non-hydrogen) atoms. The van der Waals surface area contributed by atoms with E-state index in [2.05, 4.69) is 16.2 Å². The van der Waals surface area contributed by atoms with E-state index in [1.165, 1.54) is 31.2 Å². The SMILES string of the molecule is CC(=O)N[C@H](C(=O)NNC(=O)c1ccc(CS(=O)(=O)c2ccccc2)o1)C(C)C. The van der Waals surface area contributed by atoms with Crippen molar-refractivity contribution < 1.29 is 27.2 Å². The second-order valence-corrected chi connectivity index (χ2v) is 8.69. The Kier molecular flexibility index (Phi) is 7.16. The van der Waals surface area contributed by atoms with Gasteiger partial charge in [-0.15, -0.1) is 0 Å². The number of amides is 3. The van der Waals surface area contributed by atoms with E-state index < -0.39 is 33.4 Å².